The molecule has 0 aliphatic rings. The van der Waals surface area contributed by atoms with E-state index in [9.17, 15) is 5.11 Å². The van der Waals surface area contributed by atoms with Gasteiger partial charge in [0.2, 0.25) is 0 Å². The molecule has 0 spiro atoms. The minimum absolute atomic E-state index is 0.0753. The molecule has 0 radical (unpaired) electrons. The molecule has 3 aromatic rings. The first-order valence-electron chi connectivity index (χ1n) is 7.17. The fraction of sp³-hybridized carbons (Fsp3) is 0.111. The smallest absolute Gasteiger partial charge is 0.158 e. The zero-order chi connectivity index (χ0) is 17.7. The van der Waals surface area contributed by atoms with Gasteiger partial charge in [-0.3, -0.25) is 0 Å². The number of halogens is 1. The number of fused-ring (bicyclic) bond motifs is 1. The van der Waals surface area contributed by atoms with Gasteiger partial charge in [0.05, 0.1) is 0 Å². The molecule has 0 aromatic heterocycles. The topological polar surface area (TPSA) is 72.7 Å². The lowest BCUT2D eigenvalue weighted by Crippen LogP contribution is -1.88. The van der Waals surface area contributed by atoms with Crippen LogP contribution in [0, 0.1) is 13.8 Å². The summed E-state index contributed by atoms with van der Waals surface area (Å²) in [5.74, 6) is 0.207. The van der Waals surface area contributed by atoms with E-state index in [4.69, 9.17) is 10.2 Å². The van der Waals surface area contributed by atoms with E-state index < -0.39 is 0 Å². The van der Waals surface area contributed by atoms with Crippen LogP contribution in [-0.2, 0) is 0 Å². The molecule has 0 aliphatic heterocycles. The number of rotatable bonds is 2. The SMILES string of the molecule is Cc1cc(NSI)c(C)cc1O.Oc1cc2ccccc2cc1O. The number of nitrogens with one attached hydrogen (secondary N) is 1. The van der Waals surface area contributed by atoms with Crippen molar-refractivity contribution in [3.05, 3.63) is 59.7 Å². The van der Waals surface area contributed by atoms with Crippen LogP contribution >= 0.6 is 30.3 Å². The van der Waals surface area contributed by atoms with Crippen molar-refractivity contribution in [3.8, 4) is 17.2 Å². The Hall–Kier alpha value is -1.80. The van der Waals surface area contributed by atoms with Crippen molar-refractivity contribution in [2.75, 3.05) is 4.72 Å². The molecule has 0 bridgehead atoms. The van der Waals surface area contributed by atoms with E-state index in [1.165, 1.54) is 9.12 Å². The van der Waals surface area contributed by atoms with Gasteiger partial charge in [-0.1, -0.05) is 24.3 Å². The highest BCUT2D eigenvalue weighted by molar-refractivity contribution is 14.2. The number of hydrogen-bond acceptors (Lipinski definition) is 5. The second-order valence-electron chi connectivity index (χ2n) is 5.32. The third kappa shape index (κ3) is 4.61. The number of phenolic OH excluding ortho intramolecular Hbond substituents is 3. The zero-order valence-electron chi connectivity index (χ0n) is 13.2. The van der Waals surface area contributed by atoms with Crippen molar-refractivity contribution < 1.29 is 15.3 Å². The molecule has 6 heteroatoms. The minimum Gasteiger partial charge on any atom is -0.508 e. The van der Waals surface area contributed by atoms with E-state index in [1.807, 2.05) is 44.2 Å². The van der Waals surface area contributed by atoms with Crippen LogP contribution in [0.15, 0.2) is 48.5 Å². The van der Waals surface area contributed by atoms with Crippen molar-refractivity contribution >= 4 is 46.8 Å². The predicted octanol–water partition coefficient (Wildman–Crippen LogP) is 5.67. The van der Waals surface area contributed by atoms with Gasteiger partial charge in [0.25, 0.3) is 0 Å². The summed E-state index contributed by atoms with van der Waals surface area (Å²) in [5.41, 5.74) is 3.01. The number of aromatic hydroxyl groups is 3. The Labute approximate surface area is 157 Å². The second kappa shape index (κ2) is 8.34. The van der Waals surface area contributed by atoms with Gasteiger partial charge in [0.15, 0.2) is 11.5 Å². The molecule has 0 aliphatic carbocycles. The Bertz CT molecular complexity index is 815. The Morgan fingerprint density at radius 2 is 1.33 bits per heavy atom. The van der Waals surface area contributed by atoms with Gasteiger partial charge in [-0.05, 0) is 60.0 Å². The summed E-state index contributed by atoms with van der Waals surface area (Å²) in [6.07, 6.45) is 0. The van der Waals surface area contributed by atoms with Crippen LogP contribution in [0.5, 0.6) is 17.2 Å². The molecule has 0 saturated carbocycles. The fourth-order valence-electron chi connectivity index (χ4n) is 2.17. The molecule has 0 atom stereocenters. The third-order valence-corrected chi connectivity index (χ3v) is 4.49. The fourth-order valence-corrected chi connectivity index (χ4v) is 3.18. The van der Waals surface area contributed by atoms with E-state index in [0.29, 0.717) is 5.75 Å². The van der Waals surface area contributed by atoms with Gasteiger partial charge < -0.3 is 20.0 Å². The molecule has 0 heterocycles. The van der Waals surface area contributed by atoms with Gasteiger partial charge >= 0.3 is 0 Å². The minimum atomic E-state index is -0.0753. The van der Waals surface area contributed by atoms with Gasteiger partial charge in [-0.2, -0.15) is 0 Å². The van der Waals surface area contributed by atoms with Crippen LogP contribution in [0.3, 0.4) is 0 Å². The maximum Gasteiger partial charge on any atom is 0.158 e. The van der Waals surface area contributed by atoms with E-state index in [1.54, 1.807) is 18.2 Å². The lowest BCUT2D eigenvalue weighted by molar-refractivity contribution is 0.405. The number of aryl methyl sites for hydroxylation is 2. The summed E-state index contributed by atoms with van der Waals surface area (Å²) in [5, 5.41) is 29.5. The first-order valence-corrected chi connectivity index (χ1v) is 10.5. The number of benzene rings is 3. The molecule has 3 rings (SSSR count). The first-order chi connectivity index (χ1) is 11.4. The van der Waals surface area contributed by atoms with E-state index in [2.05, 4.69) is 25.9 Å². The monoisotopic (exact) mass is 455 g/mol. The molecule has 126 valence electrons. The molecule has 0 saturated heterocycles. The Balaban J connectivity index is 0.000000174. The largest absolute Gasteiger partial charge is 0.508 e. The Kier molecular flexibility index (Phi) is 6.44. The van der Waals surface area contributed by atoms with Crippen LogP contribution < -0.4 is 4.72 Å². The quantitative estimate of drug-likeness (QED) is 0.174. The highest BCUT2D eigenvalue weighted by atomic mass is 127. The molecular weight excluding hydrogens is 437 g/mol. The lowest BCUT2D eigenvalue weighted by atomic mass is 10.1. The average Bonchev–Trinajstić information content (AvgIpc) is 2.54. The Morgan fingerprint density at radius 3 is 1.83 bits per heavy atom. The summed E-state index contributed by atoms with van der Waals surface area (Å²) in [6, 6.07) is 14.3. The van der Waals surface area contributed by atoms with E-state index in [0.717, 1.165) is 27.6 Å². The van der Waals surface area contributed by atoms with E-state index in [-0.39, 0.29) is 11.5 Å². The van der Waals surface area contributed by atoms with Crippen LogP contribution in [0.2, 0.25) is 0 Å². The zero-order valence-corrected chi connectivity index (χ0v) is 16.2. The summed E-state index contributed by atoms with van der Waals surface area (Å²) in [4.78, 5) is 0. The van der Waals surface area contributed by atoms with Crippen LogP contribution in [-0.4, -0.2) is 15.3 Å². The molecule has 24 heavy (non-hydrogen) atoms. The van der Waals surface area contributed by atoms with Crippen molar-refractivity contribution in [1.29, 1.82) is 0 Å². The number of phenols is 3. The maximum atomic E-state index is 9.36. The van der Waals surface area contributed by atoms with Crippen molar-refractivity contribution in [2.45, 2.75) is 13.8 Å². The standard InChI is InChI=1S/C10H8O2.C8H10INOS/c11-9-5-7-3-1-2-4-8(7)6-10(9)12;1-5-4-8(11)6(2)3-7(5)10-12-9/h1-6,11-12H;3-4,10-11H,1-2H3. The summed E-state index contributed by atoms with van der Waals surface area (Å²) < 4.78 is 3.14. The summed E-state index contributed by atoms with van der Waals surface area (Å²) >= 11 is 2.17. The van der Waals surface area contributed by atoms with Gasteiger partial charge in [-0.25, -0.2) is 0 Å². The van der Waals surface area contributed by atoms with Gasteiger partial charge in [0.1, 0.15) is 5.75 Å². The van der Waals surface area contributed by atoms with Crippen LogP contribution in [0.1, 0.15) is 11.1 Å². The predicted molar refractivity (Wildman–Crippen MR) is 110 cm³/mol. The molecular formula is C18H18INO3S. The second-order valence-corrected chi connectivity index (χ2v) is 7.00. The van der Waals surface area contributed by atoms with Gasteiger partial charge in [-0.15, -0.1) is 0 Å². The normalized spacial score (nSPS) is 10.1. The van der Waals surface area contributed by atoms with Gasteiger partial charge in [0, 0.05) is 36.0 Å². The van der Waals surface area contributed by atoms with E-state index >= 15 is 0 Å². The molecule has 3 aromatic carbocycles. The molecule has 0 amide bonds. The third-order valence-electron chi connectivity index (χ3n) is 3.53. The van der Waals surface area contributed by atoms with Crippen LogP contribution in [0.4, 0.5) is 5.69 Å². The molecule has 4 nitrogen and oxygen atoms in total. The Morgan fingerprint density at radius 1 is 0.792 bits per heavy atom. The highest BCUT2D eigenvalue weighted by Crippen LogP contribution is 2.30. The molecule has 4 N–H and O–H groups in total. The lowest BCUT2D eigenvalue weighted by Gasteiger charge is -2.07. The summed E-state index contributed by atoms with van der Waals surface area (Å²) in [6.45, 7) is 3.85. The first kappa shape index (κ1) is 18.5. The number of anilines is 1. The van der Waals surface area contributed by atoms with Crippen molar-refractivity contribution in [2.24, 2.45) is 0 Å². The van der Waals surface area contributed by atoms with Crippen LogP contribution in [0.25, 0.3) is 10.8 Å². The molecule has 0 fully saturated rings. The maximum absolute atomic E-state index is 9.36. The molecule has 0 unspecified atom stereocenters. The highest BCUT2D eigenvalue weighted by Gasteiger charge is 2.02. The van der Waals surface area contributed by atoms with Crippen molar-refractivity contribution in [3.63, 3.8) is 0 Å². The van der Waals surface area contributed by atoms with Crippen molar-refractivity contribution in [1.82, 2.24) is 0 Å². The average molecular weight is 455 g/mol. The summed E-state index contributed by atoms with van der Waals surface area (Å²) in [7, 11) is 1.52. The number of hydrogen-bond donors (Lipinski definition) is 4.